The second-order valence-electron chi connectivity index (χ2n) is 21.5. The van der Waals surface area contributed by atoms with Gasteiger partial charge in [0.05, 0.1) is 31.3 Å². The quantitative estimate of drug-likeness (QED) is 0.121. The van der Waals surface area contributed by atoms with Gasteiger partial charge < -0.3 is 74.4 Å². The predicted molar refractivity (Wildman–Crippen MR) is 225 cm³/mol. The van der Waals surface area contributed by atoms with Crippen LogP contribution in [0.1, 0.15) is 113 Å². The van der Waals surface area contributed by atoms with Crippen LogP contribution in [0.2, 0.25) is 0 Å². The predicted octanol–water partition coefficient (Wildman–Crippen LogP) is 2.54. The molecule has 0 bridgehead atoms. The molecule has 9 N–H and O–H groups in total. The number of hydrogen-bond donors (Lipinski definition) is 9. The maximum Gasteiger partial charge on any atom is 0.314 e. The minimum atomic E-state index is -1.82. The summed E-state index contributed by atoms with van der Waals surface area (Å²) in [6, 6.07) is 0. The van der Waals surface area contributed by atoms with E-state index in [-0.39, 0.29) is 30.0 Å². The highest BCUT2D eigenvalue weighted by Crippen LogP contribution is 2.73. The summed E-state index contributed by atoms with van der Waals surface area (Å²) in [5.74, 6) is 0.460. The number of ether oxygens (including phenoxy) is 6. The van der Waals surface area contributed by atoms with E-state index in [2.05, 4.69) is 55.0 Å². The first-order valence-corrected chi connectivity index (χ1v) is 23.4. The van der Waals surface area contributed by atoms with Gasteiger partial charge in [0.1, 0.15) is 61.0 Å². The standard InChI is InChI=1S/C47H76O16/c1-22(2)23(3)9-10-24(4)25-14-18-47(43(56)57)27-11-12-31-44(5,6)32(15-16-45(31,7)26(27)13-17-46(25,47)8)61-42-39(63-41-37(55)35(53)34(52)30(19-48)60-41)38(29(50)21-59-42)62-40-36(54)33(51)28(49)20-58-40/h22,24-25,28-42,48-55H,3,9-21H2,1-2,4-8H3,(H,56,57)/t24-,25-,28+,29+,30-,31+,32+,33+,34+,35+,36-,37-,38+,39-,40+,41+,42+,45-,46-,47+/m1/s1. The summed E-state index contributed by atoms with van der Waals surface area (Å²) in [6.07, 6.45) is -12.7. The van der Waals surface area contributed by atoms with Gasteiger partial charge in [0.2, 0.25) is 0 Å². The highest BCUT2D eigenvalue weighted by molar-refractivity contribution is 5.82. The van der Waals surface area contributed by atoms with E-state index in [1.165, 1.54) is 11.1 Å². The fourth-order valence-corrected chi connectivity index (χ4v) is 13.6. The molecule has 63 heavy (non-hydrogen) atoms. The van der Waals surface area contributed by atoms with Gasteiger partial charge in [0.25, 0.3) is 0 Å². The van der Waals surface area contributed by atoms with E-state index in [4.69, 9.17) is 28.4 Å². The highest BCUT2D eigenvalue weighted by atomic mass is 16.8. The van der Waals surface area contributed by atoms with Crippen LogP contribution in [0.3, 0.4) is 0 Å². The molecule has 0 spiro atoms. The average molecular weight is 897 g/mol. The molecule has 0 aromatic rings. The molecule has 3 heterocycles. The molecular weight excluding hydrogens is 821 g/mol. The van der Waals surface area contributed by atoms with Gasteiger partial charge in [-0.25, -0.2) is 0 Å². The molecule has 0 aromatic carbocycles. The molecule has 7 aliphatic rings. The molecule has 20 atom stereocenters. The lowest BCUT2D eigenvalue weighted by Crippen LogP contribution is -2.65. The number of carboxylic acids is 1. The van der Waals surface area contributed by atoms with Crippen LogP contribution in [0.4, 0.5) is 0 Å². The van der Waals surface area contributed by atoms with E-state index in [1.54, 1.807) is 0 Å². The Bertz CT molecular complexity index is 1690. The topological polar surface area (TPSA) is 255 Å². The Hall–Kier alpha value is -1.61. The molecule has 2 saturated carbocycles. The van der Waals surface area contributed by atoms with Gasteiger partial charge in [-0.1, -0.05) is 71.8 Å². The molecule has 16 heteroatoms. The van der Waals surface area contributed by atoms with Crippen molar-refractivity contribution in [1.29, 1.82) is 0 Å². The van der Waals surface area contributed by atoms with Crippen LogP contribution >= 0.6 is 0 Å². The largest absolute Gasteiger partial charge is 0.481 e. The van der Waals surface area contributed by atoms with E-state index in [1.807, 2.05) is 0 Å². The van der Waals surface area contributed by atoms with Crippen molar-refractivity contribution in [3.63, 3.8) is 0 Å². The van der Waals surface area contributed by atoms with Crippen LogP contribution in [-0.2, 0) is 33.2 Å². The Morgan fingerprint density at radius 2 is 1.40 bits per heavy atom. The summed E-state index contributed by atoms with van der Waals surface area (Å²) >= 11 is 0. The monoisotopic (exact) mass is 897 g/mol. The number of allylic oxidation sites excluding steroid dienone is 2. The Balaban J connectivity index is 1.15. The SMILES string of the molecule is C=C(CC[C@@H](C)[C@H]1CC[C@@]2(C(=O)O)C3=C(CC[C@]12C)[C@@]1(C)CC[C@H](O[C@@H]2OC[C@H](O)[C@H](O[C@@H]4OC[C@H](O)[C@H](O)[C@H]4O)[C@H]2O[C@@H]2O[C@H](CO)[C@H](O)[C@H](O)[C@H]2O)C(C)(C)[C@@H]1CC3)C(C)C. The summed E-state index contributed by atoms with van der Waals surface area (Å²) in [7, 11) is 0. The van der Waals surface area contributed by atoms with Crippen LogP contribution < -0.4 is 0 Å². The third-order valence-electron chi connectivity index (χ3n) is 17.6. The van der Waals surface area contributed by atoms with E-state index in [0.717, 1.165) is 44.1 Å². The molecule has 0 aromatic heterocycles. The molecule has 0 unspecified atom stereocenters. The molecule has 0 radical (unpaired) electrons. The average Bonchev–Trinajstić information content (AvgIpc) is 3.57. The van der Waals surface area contributed by atoms with Gasteiger partial charge in [-0.05, 0) is 104 Å². The van der Waals surface area contributed by atoms with Crippen molar-refractivity contribution in [2.24, 2.45) is 45.3 Å². The van der Waals surface area contributed by atoms with Crippen LogP contribution in [0.15, 0.2) is 23.3 Å². The van der Waals surface area contributed by atoms with Crippen LogP contribution in [0.25, 0.3) is 0 Å². The number of aliphatic hydroxyl groups excluding tert-OH is 8. The minimum Gasteiger partial charge on any atom is -0.481 e. The first-order valence-electron chi connectivity index (χ1n) is 23.4. The summed E-state index contributed by atoms with van der Waals surface area (Å²) < 4.78 is 36.6. The van der Waals surface area contributed by atoms with E-state index in [9.17, 15) is 50.8 Å². The lowest BCUT2D eigenvalue weighted by molar-refractivity contribution is -0.384. The zero-order valence-electron chi connectivity index (χ0n) is 38.2. The fraction of sp³-hybridized carbons (Fsp3) is 0.894. The number of aliphatic carboxylic acids is 1. The third kappa shape index (κ3) is 8.31. The number of aliphatic hydroxyl groups is 8. The second kappa shape index (κ2) is 18.5. The lowest BCUT2D eigenvalue weighted by Gasteiger charge is -2.62. The van der Waals surface area contributed by atoms with Gasteiger partial charge in [0.15, 0.2) is 18.9 Å². The summed E-state index contributed by atoms with van der Waals surface area (Å²) in [5, 5.41) is 96.0. The molecule has 3 aliphatic heterocycles. The Kier molecular flexibility index (Phi) is 14.5. The molecule has 7 rings (SSSR count). The van der Waals surface area contributed by atoms with E-state index < -0.39 is 109 Å². The van der Waals surface area contributed by atoms with Crippen LogP contribution in [0, 0.1) is 45.3 Å². The van der Waals surface area contributed by atoms with Gasteiger partial charge in [0, 0.05) is 0 Å². The number of carbonyl (C=O) groups is 1. The molecular formula is C47H76O16. The number of fused-ring (bicyclic) bond motifs is 4. The van der Waals surface area contributed by atoms with Gasteiger partial charge >= 0.3 is 5.97 Å². The molecule has 16 nitrogen and oxygen atoms in total. The Labute approximate surface area is 371 Å². The summed E-state index contributed by atoms with van der Waals surface area (Å²) in [5.41, 5.74) is 1.56. The number of hydrogen-bond acceptors (Lipinski definition) is 15. The van der Waals surface area contributed by atoms with Crippen molar-refractivity contribution in [2.75, 3.05) is 19.8 Å². The summed E-state index contributed by atoms with van der Waals surface area (Å²) in [6.45, 7) is 18.4. The zero-order valence-corrected chi connectivity index (χ0v) is 38.2. The van der Waals surface area contributed by atoms with Crippen molar-refractivity contribution < 1.29 is 79.2 Å². The van der Waals surface area contributed by atoms with E-state index >= 15 is 0 Å². The zero-order chi connectivity index (χ0) is 46.1. The Morgan fingerprint density at radius 1 is 0.746 bits per heavy atom. The van der Waals surface area contributed by atoms with Gasteiger partial charge in [-0.3, -0.25) is 4.79 Å². The van der Waals surface area contributed by atoms with Gasteiger partial charge in [-0.15, -0.1) is 0 Å². The molecule has 0 amide bonds. The fourth-order valence-electron chi connectivity index (χ4n) is 13.6. The van der Waals surface area contributed by atoms with Crippen LogP contribution in [0.5, 0.6) is 0 Å². The second-order valence-corrected chi connectivity index (χ2v) is 21.5. The van der Waals surface area contributed by atoms with E-state index in [0.29, 0.717) is 43.4 Å². The first kappa shape index (κ1) is 49.3. The van der Waals surface area contributed by atoms with Crippen LogP contribution in [-0.4, -0.2) is 158 Å². The summed E-state index contributed by atoms with van der Waals surface area (Å²) in [4.78, 5) is 13.9. The van der Waals surface area contributed by atoms with Crippen molar-refractivity contribution in [3.8, 4) is 0 Å². The van der Waals surface area contributed by atoms with Gasteiger partial charge in [-0.2, -0.15) is 0 Å². The van der Waals surface area contributed by atoms with Crippen molar-refractivity contribution in [3.05, 3.63) is 23.3 Å². The highest BCUT2D eigenvalue weighted by Gasteiger charge is 2.68. The number of rotatable bonds is 13. The molecule has 360 valence electrons. The third-order valence-corrected chi connectivity index (χ3v) is 17.6. The number of carboxylic acid groups (broad SMARTS) is 1. The normalized spacial score (nSPS) is 48.0. The van der Waals surface area contributed by atoms with Crippen molar-refractivity contribution in [1.82, 2.24) is 0 Å². The molecule has 4 aliphatic carbocycles. The Morgan fingerprint density at radius 3 is 2.06 bits per heavy atom. The molecule has 5 fully saturated rings. The first-order chi connectivity index (χ1) is 29.5. The minimum absolute atomic E-state index is 0.0839. The maximum atomic E-state index is 13.9. The van der Waals surface area contributed by atoms with Crippen molar-refractivity contribution >= 4 is 5.97 Å². The molecule has 3 saturated heterocycles. The maximum absolute atomic E-state index is 13.9. The lowest BCUT2D eigenvalue weighted by atomic mass is 9.43. The van der Waals surface area contributed by atoms with Crippen molar-refractivity contribution in [2.45, 2.75) is 199 Å². The smallest absolute Gasteiger partial charge is 0.314 e.